The molecule has 0 saturated carbocycles. The number of carbonyl (C=O) groups excluding carboxylic acids is 1. The lowest BCUT2D eigenvalue weighted by Crippen LogP contribution is -2.24. The van der Waals surface area contributed by atoms with Gasteiger partial charge in [0, 0.05) is 6.61 Å². The van der Waals surface area contributed by atoms with Gasteiger partial charge in [-0.05, 0) is 31.0 Å². The van der Waals surface area contributed by atoms with Gasteiger partial charge in [0.1, 0.15) is 11.5 Å². The van der Waals surface area contributed by atoms with Crippen LogP contribution in [0.1, 0.15) is 30.1 Å². The summed E-state index contributed by atoms with van der Waals surface area (Å²) in [6, 6.07) is 5.30. The lowest BCUT2D eigenvalue weighted by atomic mass is 9.90. The lowest BCUT2D eigenvalue weighted by Gasteiger charge is -2.17. The largest absolute Gasteiger partial charge is 0.497 e. The van der Waals surface area contributed by atoms with E-state index in [9.17, 15) is 4.79 Å². The number of carbonyl (C=O) groups is 1. The van der Waals surface area contributed by atoms with E-state index in [0.717, 1.165) is 12.8 Å². The van der Waals surface area contributed by atoms with E-state index in [1.54, 1.807) is 32.4 Å². The van der Waals surface area contributed by atoms with Crippen molar-refractivity contribution in [1.82, 2.24) is 0 Å². The Morgan fingerprint density at radius 2 is 2.16 bits per heavy atom. The first-order valence-electron chi connectivity index (χ1n) is 6.59. The van der Waals surface area contributed by atoms with Crippen LogP contribution < -0.4 is 9.47 Å². The zero-order chi connectivity index (χ0) is 13.8. The Kier molecular flexibility index (Phi) is 4.43. The fraction of sp³-hybridized carbons (Fsp3) is 0.533. The molecular formula is C15H20O4. The van der Waals surface area contributed by atoms with Crippen molar-refractivity contribution in [3.8, 4) is 11.5 Å². The molecule has 0 aromatic heterocycles. The number of ether oxygens (including phenoxy) is 3. The molecule has 1 aliphatic heterocycles. The normalized spacial score (nSPS) is 22.3. The van der Waals surface area contributed by atoms with Crippen molar-refractivity contribution >= 4 is 5.78 Å². The molecule has 0 radical (unpaired) electrons. The van der Waals surface area contributed by atoms with Crippen LogP contribution in [-0.2, 0) is 4.74 Å². The Hall–Kier alpha value is -1.55. The van der Waals surface area contributed by atoms with Crippen LogP contribution in [0, 0.1) is 5.92 Å². The van der Waals surface area contributed by atoms with E-state index in [1.807, 2.05) is 6.92 Å². The summed E-state index contributed by atoms with van der Waals surface area (Å²) in [7, 11) is 3.16. The summed E-state index contributed by atoms with van der Waals surface area (Å²) in [5.74, 6) is 1.26. The van der Waals surface area contributed by atoms with Crippen LogP contribution in [0.4, 0.5) is 0 Å². The lowest BCUT2D eigenvalue weighted by molar-refractivity contribution is 0.0687. The maximum Gasteiger partial charge on any atom is 0.172 e. The molecule has 1 aromatic carbocycles. The zero-order valence-corrected chi connectivity index (χ0v) is 11.6. The molecule has 2 atom stereocenters. The van der Waals surface area contributed by atoms with E-state index in [4.69, 9.17) is 14.2 Å². The van der Waals surface area contributed by atoms with E-state index in [1.165, 1.54) is 0 Å². The molecule has 0 amide bonds. The molecule has 0 bridgehead atoms. The summed E-state index contributed by atoms with van der Waals surface area (Å²) < 4.78 is 16.1. The molecule has 0 aliphatic carbocycles. The third kappa shape index (κ3) is 2.73. The second-order valence-electron chi connectivity index (χ2n) is 4.64. The van der Waals surface area contributed by atoms with E-state index >= 15 is 0 Å². The van der Waals surface area contributed by atoms with Gasteiger partial charge in [0.05, 0.1) is 31.8 Å². The van der Waals surface area contributed by atoms with Crippen LogP contribution in [0.15, 0.2) is 18.2 Å². The highest BCUT2D eigenvalue weighted by Gasteiger charge is 2.34. The summed E-state index contributed by atoms with van der Waals surface area (Å²) in [4.78, 5) is 12.6. The molecule has 2 rings (SSSR count). The average Bonchev–Trinajstić information content (AvgIpc) is 2.94. The Morgan fingerprint density at radius 1 is 1.37 bits per heavy atom. The average molecular weight is 264 g/mol. The number of rotatable bonds is 5. The van der Waals surface area contributed by atoms with Crippen molar-refractivity contribution in [3.05, 3.63) is 23.8 Å². The van der Waals surface area contributed by atoms with Gasteiger partial charge >= 0.3 is 0 Å². The van der Waals surface area contributed by atoms with Gasteiger partial charge in [0.25, 0.3) is 0 Å². The number of hydrogen-bond donors (Lipinski definition) is 0. The number of methoxy groups -OCH3 is 2. The molecule has 1 saturated heterocycles. The number of ketones is 1. The fourth-order valence-corrected chi connectivity index (χ4v) is 2.56. The molecule has 1 fully saturated rings. The van der Waals surface area contributed by atoms with Crippen molar-refractivity contribution in [1.29, 1.82) is 0 Å². The van der Waals surface area contributed by atoms with Crippen molar-refractivity contribution in [2.24, 2.45) is 5.92 Å². The van der Waals surface area contributed by atoms with Gasteiger partial charge in [0.2, 0.25) is 0 Å². The van der Waals surface area contributed by atoms with Crippen LogP contribution in [0.2, 0.25) is 0 Å². The van der Waals surface area contributed by atoms with Crippen molar-refractivity contribution in [2.75, 3.05) is 20.8 Å². The molecule has 0 N–H and O–H groups in total. The first kappa shape index (κ1) is 13.9. The van der Waals surface area contributed by atoms with Crippen molar-refractivity contribution in [3.63, 3.8) is 0 Å². The maximum atomic E-state index is 12.6. The maximum absolute atomic E-state index is 12.6. The summed E-state index contributed by atoms with van der Waals surface area (Å²) in [5, 5.41) is 0. The van der Waals surface area contributed by atoms with Gasteiger partial charge in [-0.15, -0.1) is 0 Å². The van der Waals surface area contributed by atoms with Crippen molar-refractivity contribution in [2.45, 2.75) is 25.9 Å². The van der Waals surface area contributed by atoms with Gasteiger partial charge < -0.3 is 14.2 Å². The quantitative estimate of drug-likeness (QED) is 0.767. The monoisotopic (exact) mass is 264 g/mol. The van der Waals surface area contributed by atoms with Crippen LogP contribution in [0.5, 0.6) is 11.5 Å². The van der Waals surface area contributed by atoms with E-state index in [0.29, 0.717) is 23.7 Å². The smallest absolute Gasteiger partial charge is 0.172 e. The molecule has 2 unspecified atom stereocenters. The second-order valence-corrected chi connectivity index (χ2v) is 4.64. The van der Waals surface area contributed by atoms with E-state index < -0.39 is 0 Å². The third-order valence-electron chi connectivity index (χ3n) is 3.62. The van der Waals surface area contributed by atoms with Crippen LogP contribution in [-0.4, -0.2) is 32.7 Å². The van der Waals surface area contributed by atoms with Crippen molar-refractivity contribution < 1.29 is 19.0 Å². The molecule has 104 valence electrons. The van der Waals surface area contributed by atoms with Gasteiger partial charge in [-0.3, -0.25) is 4.79 Å². The first-order chi connectivity index (χ1) is 9.21. The Bertz CT molecular complexity index is 455. The predicted octanol–water partition coefficient (Wildman–Crippen LogP) is 2.70. The molecule has 1 heterocycles. The molecule has 1 aromatic rings. The first-order valence-corrected chi connectivity index (χ1v) is 6.59. The van der Waals surface area contributed by atoms with E-state index in [-0.39, 0.29) is 17.8 Å². The van der Waals surface area contributed by atoms with Gasteiger partial charge in [-0.2, -0.15) is 0 Å². The molecule has 1 aliphatic rings. The molecular weight excluding hydrogens is 244 g/mol. The van der Waals surface area contributed by atoms with Crippen LogP contribution >= 0.6 is 0 Å². The zero-order valence-electron chi connectivity index (χ0n) is 11.6. The Labute approximate surface area is 113 Å². The second kappa shape index (κ2) is 6.06. The molecule has 4 heteroatoms. The highest BCUT2D eigenvalue weighted by atomic mass is 16.5. The summed E-state index contributed by atoms with van der Waals surface area (Å²) in [5.41, 5.74) is 0.579. The summed E-state index contributed by atoms with van der Waals surface area (Å²) >= 11 is 0. The third-order valence-corrected chi connectivity index (χ3v) is 3.62. The van der Waals surface area contributed by atoms with Crippen LogP contribution in [0.3, 0.4) is 0 Å². The fourth-order valence-electron chi connectivity index (χ4n) is 2.56. The predicted molar refractivity (Wildman–Crippen MR) is 72.0 cm³/mol. The Balaban J connectivity index is 2.31. The SMILES string of the molecule is CCC1OCCC1C(=O)c1cc(OC)ccc1OC. The topological polar surface area (TPSA) is 44.8 Å². The molecule has 19 heavy (non-hydrogen) atoms. The minimum atomic E-state index is -0.0778. The van der Waals surface area contributed by atoms with Crippen LogP contribution in [0.25, 0.3) is 0 Å². The van der Waals surface area contributed by atoms with E-state index in [2.05, 4.69) is 0 Å². The highest BCUT2D eigenvalue weighted by Crippen LogP contribution is 2.32. The number of hydrogen-bond acceptors (Lipinski definition) is 4. The number of Topliss-reactive ketones (excluding diaryl/α,β-unsaturated/α-hetero) is 1. The summed E-state index contributed by atoms with van der Waals surface area (Å²) in [6.45, 7) is 2.69. The van der Waals surface area contributed by atoms with Gasteiger partial charge in [0.15, 0.2) is 5.78 Å². The standard InChI is InChI=1S/C15H20O4/c1-4-13-11(7-8-19-13)15(16)12-9-10(17-2)5-6-14(12)18-3/h5-6,9,11,13H,4,7-8H2,1-3H3. The highest BCUT2D eigenvalue weighted by molar-refractivity contribution is 6.01. The number of benzene rings is 1. The molecule has 0 spiro atoms. The van der Waals surface area contributed by atoms with Gasteiger partial charge in [-0.25, -0.2) is 0 Å². The minimum Gasteiger partial charge on any atom is -0.497 e. The van der Waals surface area contributed by atoms with Gasteiger partial charge in [-0.1, -0.05) is 6.92 Å². The minimum absolute atomic E-state index is 0.0170. The Morgan fingerprint density at radius 3 is 2.79 bits per heavy atom. The summed E-state index contributed by atoms with van der Waals surface area (Å²) in [6.07, 6.45) is 1.64. The molecule has 4 nitrogen and oxygen atoms in total.